The standard InChI is InChI=1S/C17H27NO2/c1-6-20-16(19)17(4,5)11-15(18)14-9-7-13(8-10-14)12(2)3/h7-10,12,15H,6,11,18H2,1-5H3. The Morgan fingerprint density at radius 1 is 1.20 bits per heavy atom. The molecule has 0 aliphatic carbocycles. The van der Waals surface area contributed by atoms with Crippen LogP contribution in [0.1, 0.15) is 64.1 Å². The zero-order valence-corrected chi connectivity index (χ0v) is 13.3. The lowest BCUT2D eigenvalue weighted by molar-refractivity contribution is -0.154. The highest BCUT2D eigenvalue weighted by Gasteiger charge is 2.31. The fourth-order valence-corrected chi connectivity index (χ4v) is 2.21. The molecule has 0 saturated carbocycles. The molecular formula is C17H27NO2. The molecule has 3 heteroatoms. The van der Waals surface area contributed by atoms with Gasteiger partial charge in [-0.25, -0.2) is 0 Å². The van der Waals surface area contributed by atoms with Gasteiger partial charge in [0.05, 0.1) is 12.0 Å². The second-order valence-corrected chi connectivity index (χ2v) is 6.24. The Morgan fingerprint density at radius 2 is 1.70 bits per heavy atom. The van der Waals surface area contributed by atoms with Crippen molar-refractivity contribution in [3.8, 4) is 0 Å². The summed E-state index contributed by atoms with van der Waals surface area (Å²) in [5.41, 5.74) is 8.03. The van der Waals surface area contributed by atoms with E-state index in [4.69, 9.17) is 10.5 Å². The van der Waals surface area contributed by atoms with Gasteiger partial charge in [0.25, 0.3) is 0 Å². The van der Waals surface area contributed by atoms with Crippen LogP contribution >= 0.6 is 0 Å². The van der Waals surface area contributed by atoms with Gasteiger partial charge in [0, 0.05) is 6.04 Å². The molecule has 0 bridgehead atoms. The van der Waals surface area contributed by atoms with E-state index in [9.17, 15) is 4.79 Å². The molecule has 0 aliphatic rings. The third-order valence-corrected chi connectivity index (χ3v) is 3.59. The quantitative estimate of drug-likeness (QED) is 0.805. The fraction of sp³-hybridized carbons (Fsp3) is 0.588. The van der Waals surface area contributed by atoms with E-state index in [1.807, 2.05) is 20.8 Å². The molecule has 0 saturated heterocycles. The number of carbonyl (C=O) groups excluding carboxylic acids is 1. The Balaban J connectivity index is 2.75. The summed E-state index contributed by atoms with van der Waals surface area (Å²) in [5, 5.41) is 0. The normalized spacial score (nSPS) is 13.3. The molecule has 0 heterocycles. The van der Waals surface area contributed by atoms with Crippen LogP contribution in [0.2, 0.25) is 0 Å². The average Bonchev–Trinajstić information content (AvgIpc) is 2.38. The molecule has 0 amide bonds. The van der Waals surface area contributed by atoms with Gasteiger partial charge in [0.15, 0.2) is 0 Å². The third kappa shape index (κ3) is 4.34. The van der Waals surface area contributed by atoms with Gasteiger partial charge in [-0.3, -0.25) is 4.79 Å². The van der Waals surface area contributed by atoms with Crippen molar-refractivity contribution in [2.45, 2.75) is 53.0 Å². The minimum absolute atomic E-state index is 0.157. The molecule has 0 aromatic heterocycles. The van der Waals surface area contributed by atoms with Gasteiger partial charge < -0.3 is 10.5 Å². The summed E-state index contributed by atoms with van der Waals surface area (Å²) in [7, 11) is 0. The highest BCUT2D eigenvalue weighted by molar-refractivity contribution is 5.75. The van der Waals surface area contributed by atoms with Crippen molar-refractivity contribution in [3.05, 3.63) is 35.4 Å². The van der Waals surface area contributed by atoms with E-state index >= 15 is 0 Å². The van der Waals surface area contributed by atoms with E-state index in [0.29, 0.717) is 18.9 Å². The summed E-state index contributed by atoms with van der Waals surface area (Å²) < 4.78 is 5.10. The summed E-state index contributed by atoms with van der Waals surface area (Å²) in [6.07, 6.45) is 0.576. The van der Waals surface area contributed by atoms with Crippen molar-refractivity contribution in [3.63, 3.8) is 0 Å². The average molecular weight is 277 g/mol. The van der Waals surface area contributed by atoms with Crippen LogP contribution in [0.4, 0.5) is 0 Å². The molecule has 1 aromatic carbocycles. The number of nitrogens with two attached hydrogens (primary N) is 1. The molecule has 112 valence electrons. The number of rotatable bonds is 6. The molecule has 1 aromatic rings. The number of benzene rings is 1. The first kappa shape index (κ1) is 16.7. The molecule has 3 nitrogen and oxygen atoms in total. The largest absolute Gasteiger partial charge is 0.466 e. The summed E-state index contributed by atoms with van der Waals surface area (Å²) in [6, 6.07) is 8.17. The van der Waals surface area contributed by atoms with Gasteiger partial charge in [0.1, 0.15) is 0 Å². The molecule has 1 rings (SSSR count). The Morgan fingerprint density at radius 3 is 2.15 bits per heavy atom. The third-order valence-electron chi connectivity index (χ3n) is 3.59. The van der Waals surface area contributed by atoms with Crippen LogP contribution in [0.25, 0.3) is 0 Å². The molecule has 0 aliphatic heterocycles. The van der Waals surface area contributed by atoms with Crippen LogP contribution in [-0.4, -0.2) is 12.6 Å². The summed E-state index contributed by atoms with van der Waals surface area (Å²) in [6.45, 7) is 10.3. The summed E-state index contributed by atoms with van der Waals surface area (Å²) >= 11 is 0. The molecule has 0 spiro atoms. The minimum atomic E-state index is -0.563. The highest BCUT2D eigenvalue weighted by Crippen LogP contribution is 2.30. The van der Waals surface area contributed by atoms with Gasteiger partial charge >= 0.3 is 5.97 Å². The van der Waals surface area contributed by atoms with Crippen LogP contribution in [0.15, 0.2) is 24.3 Å². The lowest BCUT2D eigenvalue weighted by atomic mass is 9.83. The van der Waals surface area contributed by atoms with Crippen LogP contribution in [-0.2, 0) is 9.53 Å². The van der Waals surface area contributed by atoms with Crippen LogP contribution in [0.5, 0.6) is 0 Å². The Hall–Kier alpha value is -1.35. The first-order chi connectivity index (χ1) is 9.27. The Kier molecular flexibility index (Phi) is 5.75. The minimum Gasteiger partial charge on any atom is -0.466 e. The van der Waals surface area contributed by atoms with Gasteiger partial charge in [-0.15, -0.1) is 0 Å². The van der Waals surface area contributed by atoms with E-state index in [-0.39, 0.29) is 12.0 Å². The van der Waals surface area contributed by atoms with E-state index in [2.05, 4.69) is 38.1 Å². The molecular weight excluding hydrogens is 250 g/mol. The van der Waals surface area contributed by atoms with Crippen molar-refractivity contribution in [1.82, 2.24) is 0 Å². The van der Waals surface area contributed by atoms with Crippen LogP contribution in [0, 0.1) is 5.41 Å². The predicted octanol–water partition coefficient (Wildman–Crippen LogP) is 3.79. The monoisotopic (exact) mass is 277 g/mol. The lowest BCUT2D eigenvalue weighted by Gasteiger charge is -2.26. The topological polar surface area (TPSA) is 52.3 Å². The van der Waals surface area contributed by atoms with Gasteiger partial charge in [-0.05, 0) is 44.2 Å². The first-order valence-electron chi connectivity index (χ1n) is 7.30. The fourth-order valence-electron chi connectivity index (χ4n) is 2.21. The van der Waals surface area contributed by atoms with Crippen molar-refractivity contribution in [2.75, 3.05) is 6.61 Å². The Bertz CT molecular complexity index is 435. The number of esters is 1. The van der Waals surface area contributed by atoms with Crippen LogP contribution in [0.3, 0.4) is 0 Å². The second kappa shape index (κ2) is 6.89. The number of hydrogen-bond acceptors (Lipinski definition) is 3. The van der Waals surface area contributed by atoms with Gasteiger partial charge in [0.2, 0.25) is 0 Å². The molecule has 20 heavy (non-hydrogen) atoms. The predicted molar refractivity (Wildman–Crippen MR) is 82.5 cm³/mol. The van der Waals surface area contributed by atoms with Crippen LogP contribution < -0.4 is 5.73 Å². The second-order valence-electron chi connectivity index (χ2n) is 6.24. The zero-order chi connectivity index (χ0) is 15.3. The van der Waals surface area contributed by atoms with Gasteiger partial charge in [-0.2, -0.15) is 0 Å². The maximum absolute atomic E-state index is 11.9. The van der Waals surface area contributed by atoms with Crippen molar-refractivity contribution >= 4 is 5.97 Å². The van der Waals surface area contributed by atoms with Crippen molar-refractivity contribution < 1.29 is 9.53 Å². The Labute approximate surface area is 122 Å². The summed E-state index contributed by atoms with van der Waals surface area (Å²) in [5.74, 6) is 0.325. The maximum Gasteiger partial charge on any atom is 0.311 e. The summed E-state index contributed by atoms with van der Waals surface area (Å²) in [4.78, 5) is 11.9. The number of carbonyl (C=O) groups is 1. The van der Waals surface area contributed by atoms with Crippen molar-refractivity contribution in [2.24, 2.45) is 11.1 Å². The molecule has 0 radical (unpaired) electrons. The van der Waals surface area contributed by atoms with E-state index in [1.54, 1.807) is 0 Å². The SMILES string of the molecule is CCOC(=O)C(C)(C)CC(N)c1ccc(C(C)C)cc1. The van der Waals surface area contributed by atoms with Crippen molar-refractivity contribution in [1.29, 1.82) is 0 Å². The maximum atomic E-state index is 11.9. The van der Waals surface area contributed by atoms with E-state index in [1.165, 1.54) is 5.56 Å². The van der Waals surface area contributed by atoms with Gasteiger partial charge in [-0.1, -0.05) is 38.1 Å². The first-order valence-corrected chi connectivity index (χ1v) is 7.30. The molecule has 0 fully saturated rings. The van der Waals surface area contributed by atoms with E-state index in [0.717, 1.165) is 5.56 Å². The molecule has 1 unspecified atom stereocenters. The van der Waals surface area contributed by atoms with E-state index < -0.39 is 5.41 Å². The smallest absolute Gasteiger partial charge is 0.311 e. The molecule has 1 atom stereocenters. The number of hydrogen-bond donors (Lipinski definition) is 1. The zero-order valence-electron chi connectivity index (χ0n) is 13.3. The molecule has 2 N–H and O–H groups in total. The highest BCUT2D eigenvalue weighted by atomic mass is 16.5. The number of ether oxygens (including phenoxy) is 1. The lowest BCUT2D eigenvalue weighted by Crippen LogP contribution is -2.31.